The number of benzene rings is 1. The maximum Gasteiger partial charge on any atom is 0.233 e. The molecule has 0 aliphatic carbocycles. The van der Waals surface area contributed by atoms with E-state index in [1.54, 1.807) is 18.8 Å². The van der Waals surface area contributed by atoms with Crippen LogP contribution in [0.2, 0.25) is 0 Å². The average Bonchev–Trinajstić information content (AvgIpc) is 2.57. The molecule has 1 N–H and O–H groups in total. The van der Waals surface area contributed by atoms with E-state index in [0.717, 1.165) is 22.5 Å². The number of piperazine rings is 1. The zero-order valence-electron chi connectivity index (χ0n) is 14.4. The van der Waals surface area contributed by atoms with Crippen molar-refractivity contribution in [3.8, 4) is 0 Å². The van der Waals surface area contributed by atoms with Crippen molar-refractivity contribution in [1.82, 2.24) is 15.1 Å². The zero-order chi connectivity index (χ0) is 17.7. The quantitative estimate of drug-likeness (QED) is 0.750. The molecule has 132 valence electrons. The van der Waals surface area contributed by atoms with Crippen molar-refractivity contribution in [2.75, 3.05) is 45.5 Å². The number of carbonyl (C=O) groups is 2. The highest BCUT2D eigenvalue weighted by molar-refractivity contribution is 9.10. The lowest BCUT2D eigenvalue weighted by Gasteiger charge is -2.34. The molecule has 7 heteroatoms. The maximum absolute atomic E-state index is 12.4. The van der Waals surface area contributed by atoms with Gasteiger partial charge < -0.3 is 10.2 Å². The molecule has 0 saturated carbocycles. The highest BCUT2D eigenvalue weighted by Gasteiger charge is 2.22. The fourth-order valence-corrected chi connectivity index (χ4v) is 4.04. The lowest BCUT2D eigenvalue weighted by atomic mass is 10.2. The normalized spacial score (nSPS) is 15.4. The van der Waals surface area contributed by atoms with E-state index in [-0.39, 0.29) is 11.8 Å². The van der Waals surface area contributed by atoms with Crippen molar-refractivity contribution in [2.24, 2.45) is 0 Å². The lowest BCUT2D eigenvalue weighted by Crippen LogP contribution is -2.51. The van der Waals surface area contributed by atoms with E-state index < -0.39 is 0 Å². The molecule has 0 atom stereocenters. The van der Waals surface area contributed by atoms with Crippen molar-refractivity contribution in [1.29, 1.82) is 0 Å². The molecule has 2 amide bonds. The molecular formula is C17H24BrN3O2S. The third kappa shape index (κ3) is 5.22. The van der Waals surface area contributed by atoms with Crippen LogP contribution in [0.4, 0.5) is 0 Å². The second-order valence-corrected chi connectivity index (χ2v) is 7.86. The SMILES string of the molecule is CNC(=O)CN1CCN(C(=O)CSc2cc(C)c(Br)cc2C)CC1. The number of halogens is 1. The molecule has 0 unspecified atom stereocenters. The minimum Gasteiger partial charge on any atom is -0.358 e. The van der Waals surface area contributed by atoms with Crippen LogP contribution in [0.1, 0.15) is 11.1 Å². The lowest BCUT2D eigenvalue weighted by molar-refractivity contribution is -0.130. The Morgan fingerprint density at radius 3 is 2.46 bits per heavy atom. The molecule has 2 rings (SSSR count). The third-order valence-electron chi connectivity index (χ3n) is 4.18. The van der Waals surface area contributed by atoms with Gasteiger partial charge in [-0.25, -0.2) is 0 Å². The molecule has 1 aromatic carbocycles. The van der Waals surface area contributed by atoms with E-state index in [4.69, 9.17) is 0 Å². The molecule has 1 aromatic rings. The van der Waals surface area contributed by atoms with Gasteiger partial charge in [-0.2, -0.15) is 0 Å². The average molecular weight is 414 g/mol. The first-order chi connectivity index (χ1) is 11.4. The number of rotatable bonds is 5. The van der Waals surface area contributed by atoms with Gasteiger partial charge in [0.2, 0.25) is 11.8 Å². The van der Waals surface area contributed by atoms with Gasteiger partial charge in [0.15, 0.2) is 0 Å². The van der Waals surface area contributed by atoms with E-state index in [9.17, 15) is 9.59 Å². The van der Waals surface area contributed by atoms with Gasteiger partial charge in [-0.3, -0.25) is 14.5 Å². The van der Waals surface area contributed by atoms with Crippen LogP contribution < -0.4 is 5.32 Å². The second-order valence-electron chi connectivity index (χ2n) is 5.99. The molecule has 1 aliphatic heterocycles. The highest BCUT2D eigenvalue weighted by Crippen LogP contribution is 2.28. The fourth-order valence-electron chi connectivity index (χ4n) is 2.58. The fraction of sp³-hybridized carbons (Fsp3) is 0.529. The Morgan fingerprint density at radius 1 is 1.17 bits per heavy atom. The van der Waals surface area contributed by atoms with E-state index in [1.807, 2.05) is 4.90 Å². The molecule has 0 aromatic heterocycles. The Bertz CT molecular complexity index is 616. The molecule has 0 radical (unpaired) electrons. The Kier molecular flexibility index (Phi) is 7.13. The number of hydrogen-bond donors (Lipinski definition) is 1. The molecule has 5 nitrogen and oxygen atoms in total. The van der Waals surface area contributed by atoms with E-state index in [2.05, 4.69) is 52.1 Å². The van der Waals surface area contributed by atoms with Crippen molar-refractivity contribution in [3.05, 3.63) is 27.7 Å². The predicted molar refractivity (Wildman–Crippen MR) is 101 cm³/mol. The van der Waals surface area contributed by atoms with Crippen LogP contribution >= 0.6 is 27.7 Å². The molecule has 24 heavy (non-hydrogen) atoms. The maximum atomic E-state index is 12.4. The molecule has 0 bridgehead atoms. The van der Waals surface area contributed by atoms with E-state index >= 15 is 0 Å². The van der Waals surface area contributed by atoms with E-state index in [0.29, 0.717) is 25.4 Å². The number of nitrogens with one attached hydrogen (secondary N) is 1. The smallest absolute Gasteiger partial charge is 0.233 e. The van der Waals surface area contributed by atoms with Crippen LogP contribution in [0, 0.1) is 13.8 Å². The van der Waals surface area contributed by atoms with Crippen LogP contribution in [-0.4, -0.2) is 67.1 Å². The van der Waals surface area contributed by atoms with Crippen molar-refractivity contribution in [3.63, 3.8) is 0 Å². The Labute approximate surface area is 156 Å². The molecule has 0 spiro atoms. The summed E-state index contributed by atoms with van der Waals surface area (Å²) in [6, 6.07) is 4.22. The van der Waals surface area contributed by atoms with Gasteiger partial charge in [-0.15, -0.1) is 11.8 Å². The topological polar surface area (TPSA) is 52.7 Å². The van der Waals surface area contributed by atoms with Gasteiger partial charge in [0, 0.05) is 42.6 Å². The minimum absolute atomic E-state index is 0.0198. The molecule has 1 fully saturated rings. The summed E-state index contributed by atoms with van der Waals surface area (Å²) in [5.74, 6) is 0.642. The first-order valence-electron chi connectivity index (χ1n) is 8.01. The van der Waals surface area contributed by atoms with Gasteiger partial charge in [-0.1, -0.05) is 15.9 Å². The first-order valence-corrected chi connectivity index (χ1v) is 9.79. The standard InChI is InChI=1S/C17H24BrN3O2S/c1-12-9-15(13(2)8-14(12)18)24-11-17(23)21-6-4-20(5-7-21)10-16(22)19-3/h8-9H,4-7,10-11H2,1-3H3,(H,19,22). The summed E-state index contributed by atoms with van der Waals surface area (Å²) < 4.78 is 1.10. The Hall–Kier alpha value is -1.05. The predicted octanol–water partition coefficient (Wildman–Crippen LogP) is 2.05. The van der Waals surface area contributed by atoms with Crippen LogP contribution in [-0.2, 0) is 9.59 Å². The summed E-state index contributed by atoms with van der Waals surface area (Å²) in [5.41, 5.74) is 2.36. The van der Waals surface area contributed by atoms with E-state index in [1.165, 1.54) is 11.1 Å². The number of likely N-dealkylation sites (N-methyl/N-ethyl adjacent to an activating group) is 1. The second kappa shape index (κ2) is 8.87. The van der Waals surface area contributed by atoms with Crippen LogP contribution in [0.3, 0.4) is 0 Å². The minimum atomic E-state index is 0.0198. The number of thioether (sulfide) groups is 1. The van der Waals surface area contributed by atoms with Gasteiger partial charge >= 0.3 is 0 Å². The summed E-state index contributed by atoms with van der Waals surface area (Å²) in [6.45, 7) is 7.41. The van der Waals surface area contributed by atoms with Crippen molar-refractivity contribution < 1.29 is 9.59 Å². The van der Waals surface area contributed by atoms with Gasteiger partial charge in [0.05, 0.1) is 12.3 Å². The zero-order valence-corrected chi connectivity index (χ0v) is 16.8. The van der Waals surface area contributed by atoms with Crippen molar-refractivity contribution in [2.45, 2.75) is 18.7 Å². The molecule has 1 saturated heterocycles. The van der Waals surface area contributed by atoms with Crippen molar-refractivity contribution >= 4 is 39.5 Å². The number of nitrogens with zero attached hydrogens (tertiary/aromatic N) is 2. The van der Waals surface area contributed by atoms with Crippen LogP contribution in [0.25, 0.3) is 0 Å². The summed E-state index contributed by atoms with van der Waals surface area (Å²) in [7, 11) is 1.64. The number of amides is 2. The monoisotopic (exact) mass is 413 g/mol. The number of aryl methyl sites for hydroxylation is 2. The molecule has 1 aliphatic rings. The molecular weight excluding hydrogens is 390 g/mol. The largest absolute Gasteiger partial charge is 0.358 e. The van der Waals surface area contributed by atoms with Gasteiger partial charge in [0.1, 0.15) is 0 Å². The van der Waals surface area contributed by atoms with Gasteiger partial charge in [-0.05, 0) is 37.1 Å². The Morgan fingerprint density at radius 2 is 1.83 bits per heavy atom. The number of hydrogen-bond acceptors (Lipinski definition) is 4. The summed E-state index contributed by atoms with van der Waals surface area (Å²) >= 11 is 5.13. The summed E-state index contributed by atoms with van der Waals surface area (Å²) in [5, 5.41) is 2.63. The van der Waals surface area contributed by atoms with Gasteiger partial charge in [0.25, 0.3) is 0 Å². The Balaban J connectivity index is 1.82. The number of carbonyl (C=O) groups excluding carboxylic acids is 2. The summed E-state index contributed by atoms with van der Waals surface area (Å²) in [6.07, 6.45) is 0. The molecule has 1 heterocycles. The van der Waals surface area contributed by atoms with Crippen LogP contribution in [0.15, 0.2) is 21.5 Å². The van der Waals surface area contributed by atoms with Crippen LogP contribution in [0.5, 0.6) is 0 Å². The highest BCUT2D eigenvalue weighted by atomic mass is 79.9. The third-order valence-corrected chi connectivity index (χ3v) is 6.17. The first kappa shape index (κ1) is 19.3. The summed E-state index contributed by atoms with van der Waals surface area (Å²) in [4.78, 5) is 28.9.